The zero-order valence-corrected chi connectivity index (χ0v) is 22.0. The van der Waals surface area contributed by atoms with E-state index in [2.05, 4.69) is 37.5 Å². The van der Waals surface area contributed by atoms with Crippen LogP contribution in [0.3, 0.4) is 0 Å². The molecule has 36 heavy (non-hydrogen) atoms. The maximum atomic E-state index is 13.8. The summed E-state index contributed by atoms with van der Waals surface area (Å²) in [4.78, 5) is 18.2. The predicted octanol–water partition coefficient (Wildman–Crippen LogP) is 6.54. The van der Waals surface area contributed by atoms with Gasteiger partial charge in [0.2, 0.25) is 0 Å². The number of hydrogen-bond acceptors (Lipinski definition) is 7. The number of ether oxygens (including phenoxy) is 2. The summed E-state index contributed by atoms with van der Waals surface area (Å²) in [5.74, 6) is 1.24. The lowest BCUT2D eigenvalue weighted by Crippen LogP contribution is -2.36. The van der Waals surface area contributed by atoms with Crippen LogP contribution in [0.2, 0.25) is 0 Å². The SMILES string of the molecule is CCN(CC)C(C)Oc1cccc2coc(C(=O)c3occ4cccc(OC(C)N(CC)CC)c34)c12. The van der Waals surface area contributed by atoms with Crippen LogP contribution in [-0.2, 0) is 0 Å². The number of fused-ring (bicyclic) bond motifs is 2. The van der Waals surface area contributed by atoms with E-state index in [0.29, 0.717) is 22.3 Å². The van der Waals surface area contributed by atoms with Crippen molar-refractivity contribution in [3.63, 3.8) is 0 Å². The van der Waals surface area contributed by atoms with Crippen molar-refractivity contribution in [2.45, 2.75) is 54.0 Å². The van der Waals surface area contributed by atoms with Crippen molar-refractivity contribution >= 4 is 27.3 Å². The van der Waals surface area contributed by atoms with E-state index < -0.39 is 0 Å². The topological polar surface area (TPSA) is 68.3 Å². The Hall–Kier alpha value is -3.29. The zero-order valence-electron chi connectivity index (χ0n) is 22.0. The molecule has 2 heterocycles. The third kappa shape index (κ3) is 4.86. The fourth-order valence-electron chi connectivity index (χ4n) is 4.77. The van der Waals surface area contributed by atoms with Gasteiger partial charge in [-0.05, 0) is 52.2 Å². The molecule has 2 unspecified atom stereocenters. The largest absolute Gasteiger partial charge is 0.475 e. The molecule has 0 aliphatic rings. The highest BCUT2D eigenvalue weighted by Gasteiger charge is 2.27. The van der Waals surface area contributed by atoms with Gasteiger partial charge in [0.25, 0.3) is 5.78 Å². The Balaban J connectivity index is 1.75. The quantitative estimate of drug-likeness (QED) is 0.164. The molecule has 0 saturated carbocycles. The smallest absolute Gasteiger partial charge is 0.264 e. The van der Waals surface area contributed by atoms with Crippen LogP contribution < -0.4 is 9.47 Å². The average molecular weight is 493 g/mol. The second-order valence-corrected chi connectivity index (χ2v) is 8.78. The van der Waals surface area contributed by atoms with Crippen molar-refractivity contribution in [3.8, 4) is 11.5 Å². The number of nitrogens with zero attached hydrogens (tertiary/aromatic N) is 2. The second kappa shape index (κ2) is 11.2. The maximum Gasteiger partial charge on any atom is 0.264 e. The van der Waals surface area contributed by atoms with Gasteiger partial charge in [0.1, 0.15) is 24.0 Å². The highest BCUT2D eigenvalue weighted by Crippen LogP contribution is 2.37. The first kappa shape index (κ1) is 25.8. The van der Waals surface area contributed by atoms with Gasteiger partial charge in [0.15, 0.2) is 11.5 Å². The highest BCUT2D eigenvalue weighted by atomic mass is 16.5. The number of rotatable bonds is 12. The van der Waals surface area contributed by atoms with Crippen LogP contribution in [0, 0.1) is 0 Å². The summed E-state index contributed by atoms with van der Waals surface area (Å²) in [6, 6.07) is 11.4. The standard InChI is InChI=1S/C29H36N2O5/c1-7-30(8-2)19(5)35-23-15-11-13-21-17-33-28(25(21)23)27(32)29-26-22(18-34-29)14-12-16-24(26)36-20(6)31(9-3)10-4/h11-20H,7-10H2,1-6H3. The van der Waals surface area contributed by atoms with Crippen LogP contribution in [0.1, 0.15) is 57.9 Å². The van der Waals surface area contributed by atoms with Crippen LogP contribution in [-0.4, -0.2) is 54.2 Å². The molecule has 0 fully saturated rings. The molecular formula is C29H36N2O5. The Morgan fingerprint density at radius 1 is 0.722 bits per heavy atom. The molecule has 0 saturated heterocycles. The van der Waals surface area contributed by atoms with Crippen molar-refractivity contribution < 1.29 is 23.1 Å². The molecule has 0 aliphatic heterocycles. The lowest BCUT2D eigenvalue weighted by Gasteiger charge is -2.27. The molecule has 0 bridgehead atoms. The molecule has 7 heteroatoms. The van der Waals surface area contributed by atoms with E-state index in [-0.39, 0.29) is 29.8 Å². The van der Waals surface area contributed by atoms with Gasteiger partial charge < -0.3 is 18.3 Å². The summed E-state index contributed by atoms with van der Waals surface area (Å²) in [7, 11) is 0. The Labute approximate surface area is 212 Å². The first-order chi connectivity index (χ1) is 17.4. The van der Waals surface area contributed by atoms with Gasteiger partial charge in [-0.15, -0.1) is 0 Å². The summed E-state index contributed by atoms with van der Waals surface area (Å²) in [5.41, 5.74) is 0. The van der Waals surface area contributed by atoms with E-state index >= 15 is 0 Å². The number of ketones is 1. The Morgan fingerprint density at radius 3 is 1.47 bits per heavy atom. The molecule has 192 valence electrons. The molecular weight excluding hydrogens is 456 g/mol. The number of carbonyl (C=O) groups is 1. The van der Waals surface area contributed by atoms with E-state index in [1.165, 1.54) is 0 Å². The molecule has 4 rings (SSSR count). The van der Waals surface area contributed by atoms with Gasteiger partial charge in [-0.3, -0.25) is 14.6 Å². The van der Waals surface area contributed by atoms with Crippen molar-refractivity contribution in [2.24, 2.45) is 0 Å². The molecule has 0 amide bonds. The third-order valence-corrected chi connectivity index (χ3v) is 6.84. The summed E-state index contributed by atoms with van der Waals surface area (Å²) in [6.45, 7) is 15.8. The second-order valence-electron chi connectivity index (χ2n) is 8.78. The van der Waals surface area contributed by atoms with Gasteiger partial charge in [0.05, 0.1) is 23.3 Å². The number of furan rings is 2. The Kier molecular flexibility index (Phi) is 8.01. The van der Waals surface area contributed by atoms with Crippen molar-refractivity contribution in [2.75, 3.05) is 26.2 Å². The Morgan fingerprint density at radius 2 is 1.11 bits per heavy atom. The van der Waals surface area contributed by atoms with Crippen molar-refractivity contribution in [3.05, 3.63) is 60.4 Å². The monoisotopic (exact) mass is 492 g/mol. The van der Waals surface area contributed by atoms with Crippen LogP contribution >= 0.6 is 0 Å². The summed E-state index contributed by atoms with van der Waals surface area (Å²) >= 11 is 0. The van der Waals surface area contributed by atoms with Crippen molar-refractivity contribution in [1.29, 1.82) is 0 Å². The van der Waals surface area contributed by atoms with Gasteiger partial charge >= 0.3 is 0 Å². The molecule has 0 spiro atoms. The highest BCUT2D eigenvalue weighted by molar-refractivity contribution is 6.20. The lowest BCUT2D eigenvalue weighted by atomic mass is 10.1. The first-order valence-corrected chi connectivity index (χ1v) is 12.8. The molecule has 7 nitrogen and oxygen atoms in total. The van der Waals surface area contributed by atoms with Crippen molar-refractivity contribution in [1.82, 2.24) is 9.80 Å². The fourth-order valence-corrected chi connectivity index (χ4v) is 4.77. The van der Waals surface area contributed by atoms with Gasteiger partial charge in [-0.2, -0.15) is 0 Å². The molecule has 2 aromatic carbocycles. The van der Waals surface area contributed by atoms with Gasteiger partial charge in [-0.1, -0.05) is 52.0 Å². The number of carbonyl (C=O) groups excluding carboxylic acids is 1. The first-order valence-electron chi connectivity index (χ1n) is 12.8. The van der Waals surface area contributed by atoms with E-state index in [1.807, 2.05) is 50.2 Å². The fraction of sp³-hybridized carbons (Fsp3) is 0.414. The molecule has 0 radical (unpaired) electrons. The van der Waals surface area contributed by atoms with E-state index in [0.717, 1.165) is 37.0 Å². The lowest BCUT2D eigenvalue weighted by molar-refractivity contribution is 0.0492. The minimum absolute atomic E-state index is 0.158. The van der Waals surface area contributed by atoms with Crippen LogP contribution in [0.4, 0.5) is 0 Å². The molecule has 0 N–H and O–H groups in total. The van der Waals surface area contributed by atoms with E-state index in [9.17, 15) is 4.79 Å². The average Bonchev–Trinajstić information content (AvgIpc) is 3.51. The molecule has 2 atom stereocenters. The third-order valence-electron chi connectivity index (χ3n) is 6.84. The normalized spacial score (nSPS) is 13.6. The number of hydrogen-bond donors (Lipinski definition) is 0. The molecule has 4 aromatic rings. The van der Waals surface area contributed by atoms with Crippen LogP contribution in [0.5, 0.6) is 11.5 Å². The minimum atomic E-state index is -0.349. The molecule has 0 aliphatic carbocycles. The predicted molar refractivity (Wildman–Crippen MR) is 142 cm³/mol. The van der Waals surface area contributed by atoms with Gasteiger partial charge in [0, 0.05) is 10.8 Å². The van der Waals surface area contributed by atoms with E-state index in [1.54, 1.807) is 12.5 Å². The minimum Gasteiger partial charge on any atom is -0.475 e. The molecule has 2 aromatic heterocycles. The summed E-state index contributed by atoms with van der Waals surface area (Å²) in [5, 5.41) is 2.87. The maximum absolute atomic E-state index is 13.8. The van der Waals surface area contributed by atoms with Crippen LogP contribution in [0.25, 0.3) is 21.5 Å². The van der Waals surface area contributed by atoms with Crippen LogP contribution in [0.15, 0.2) is 57.8 Å². The summed E-state index contributed by atoms with van der Waals surface area (Å²) in [6.07, 6.45) is 2.86. The zero-order chi connectivity index (χ0) is 25.8. The van der Waals surface area contributed by atoms with Gasteiger partial charge in [-0.25, -0.2) is 0 Å². The number of benzene rings is 2. The van der Waals surface area contributed by atoms with E-state index in [4.69, 9.17) is 18.3 Å². The summed E-state index contributed by atoms with van der Waals surface area (Å²) < 4.78 is 24.3. The Bertz CT molecular complexity index is 1220.